The summed E-state index contributed by atoms with van der Waals surface area (Å²) in [6.07, 6.45) is 3.55. The maximum Gasteiger partial charge on any atom is 0.107 e. The van der Waals surface area contributed by atoms with E-state index < -0.39 is 0 Å². The number of nitrogens with zero attached hydrogens (tertiary/aromatic N) is 1. The number of aromatic nitrogens is 2. The van der Waals surface area contributed by atoms with Crippen molar-refractivity contribution in [3.8, 4) is 0 Å². The van der Waals surface area contributed by atoms with E-state index >= 15 is 0 Å². The number of rotatable bonds is 3. The summed E-state index contributed by atoms with van der Waals surface area (Å²) in [5.41, 5.74) is 3.66. The molecule has 0 saturated carbocycles. The monoisotopic (exact) mass is 243 g/mol. The number of hydrogen-bond donors (Lipinski definition) is 2. The van der Waals surface area contributed by atoms with Gasteiger partial charge >= 0.3 is 0 Å². The zero-order chi connectivity index (χ0) is 12.5. The van der Waals surface area contributed by atoms with Gasteiger partial charge in [-0.05, 0) is 43.0 Å². The number of nitrogens with one attached hydrogen (secondary N) is 2. The molecule has 0 aliphatic carbocycles. The minimum absolute atomic E-state index is 0.534. The third kappa shape index (κ3) is 2.27. The van der Waals surface area contributed by atoms with Gasteiger partial charge in [0.15, 0.2) is 0 Å². The average molecular weight is 243 g/mol. The summed E-state index contributed by atoms with van der Waals surface area (Å²) in [6, 6.07) is 7.15. The maximum absolute atomic E-state index is 4.64. The highest BCUT2D eigenvalue weighted by Gasteiger charge is 2.16. The second kappa shape index (κ2) is 4.73. The summed E-state index contributed by atoms with van der Waals surface area (Å²) in [4.78, 5) is 8.10. The van der Waals surface area contributed by atoms with E-state index in [4.69, 9.17) is 0 Å². The van der Waals surface area contributed by atoms with Crippen LogP contribution in [0.25, 0.3) is 11.0 Å². The molecule has 18 heavy (non-hydrogen) atoms. The molecule has 1 aromatic carbocycles. The van der Waals surface area contributed by atoms with Gasteiger partial charge in [0, 0.05) is 12.5 Å². The van der Waals surface area contributed by atoms with Gasteiger partial charge < -0.3 is 10.3 Å². The normalized spacial score (nSPS) is 20.1. The van der Waals surface area contributed by atoms with Crippen molar-refractivity contribution in [1.82, 2.24) is 15.3 Å². The molecule has 2 N–H and O–H groups in total. The Bertz CT molecular complexity index is 536. The molecule has 3 rings (SSSR count). The lowest BCUT2D eigenvalue weighted by atomic mass is 10.1. The Kier molecular flexibility index (Phi) is 3.08. The molecule has 1 atom stereocenters. The second-order valence-electron chi connectivity index (χ2n) is 5.71. The standard InChI is InChI=1S/C15H21N3/c1-10(2)8-15-17-13-6-5-11(9-14(13)18-15)12-4-3-7-16-12/h5-6,9-10,12,16H,3-4,7-8H2,1-2H3,(H,17,18). The number of imidazole rings is 1. The van der Waals surface area contributed by atoms with Crippen molar-refractivity contribution in [3.63, 3.8) is 0 Å². The quantitative estimate of drug-likeness (QED) is 0.869. The van der Waals surface area contributed by atoms with Crippen LogP contribution in [0.4, 0.5) is 0 Å². The average Bonchev–Trinajstić information content (AvgIpc) is 2.94. The van der Waals surface area contributed by atoms with Crippen LogP contribution in [0.3, 0.4) is 0 Å². The molecular weight excluding hydrogens is 222 g/mol. The summed E-state index contributed by atoms with van der Waals surface area (Å²) in [5, 5.41) is 3.54. The van der Waals surface area contributed by atoms with E-state index in [-0.39, 0.29) is 0 Å². The molecule has 1 saturated heterocycles. The Labute approximate surface area is 108 Å². The number of fused-ring (bicyclic) bond motifs is 1. The van der Waals surface area contributed by atoms with Gasteiger partial charge in [-0.25, -0.2) is 4.98 Å². The molecule has 2 aromatic rings. The Morgan fingerprint density at radius 3 is 3.00 bits per heavy atom. The van der Waals surface area contributed by atoms with Crippen LogP contribution in [0.1, 0.15) is 44.1 Å². The molecular formula is C15H21N3. The van der Waals surface area contributed by atoms with E-state index in [0.717, 1.165) is 24.3 Å². The molecule has 0 bridgehead atoms. The summed E-state index contributed by atoms with van der Waals surface area (Å²) < 4.78 is 0. The summed E-state index contributed by atoms with van der Waals surface area (Å²) in [6.45, 7) is 5.59. The first kappa shape index (κ1) is 11.7. The topological polar surface area (TPSA) is 40.7 Å². The summed E-state index contributed by atoms with van der Waals surface area (Å²) in [5.74, 6) is 1.75. The molecule has 1 unspecified atom stereocenters. The van der Waals surface area contributed by atoms with Gasteiger partial charge in [-0.3, -0.25) is 0 Å². The molecule has 1 fully saturated rings. The molecule has 1 aromatic heterocycles. The van der Waals surface area contributed by atoms with E-state index in [2.05, 4.69) is 47.3 Å². The first-order valence-corrected chi connectivity index (χ1v) is 6.94. The zero-order valence-corrected chi connectivity index (χ0v) is 11.2. The first-order valence-electron chi connectivity index (χ1n) is 6.94. The Morgan fingerprint density at radius 1 is 1.39 bits per heavy atom. The highest BCUT2D eigenvalue weighted by atomic mass is 14.9. The lowest BCUT2D eigenvalue weighted by Gasteiger charge is -2.09. The molecule has 2 heterocycles. The van der Waals surface area contributed by atoms with Crippen molar-refractivity contribution in [2.75, 3.05) is 6.54 Å². The van der Waals surface area contributed by atoms with Crippen LogP contribution in [0, 0.1) is 5.92 Å². The number of benzene rings is 1. The molecule has 0 radical (unpaired) electrons. The van der Waals surface area contributed by atoms with Gasteiger partial charge in [-0.1, -0.05) is 19.9 Å². The van der Waals surface area contributed by atoms with Crippen molar-refractivity contribution >= 4 is 11.0 Å². The fraction of sp³-hybridized carbons (Fsp3) is 0.533. The number of H-pyrrole nitrogens is 1. The van der Waals surface area contributed by atoms with Crippen molar-refractivity contribution in [3.05, 3.63) is 29.6 Å². The van der Waals surface area contributed by atoms with Crippen LogP contribution in [0.15, 0.2) is 18.2 Å². The Hall–Kier alpha value is -1.35. The molecule has 0 amide bonds. The Morgan fingerprint density at radius 2 is 2.28 bits per heavy atom. The highest BCUT2D eigenvalue weighted by Crippen LogP contribution is 2.25. The molecule has 1 aliphatic heterocycles. The fourth-order valence-corrected chi connectivity index (χ4v) is 2.75. The predicted octanol–water partition coefficient (Wildman–Crippen LogP) is 3.19. The van der Waals surface area contributed by atoms with E-state index in [1.165, 1.54) is 23.9 Å². The fourth-order valence-electron chi connectivity index (χ4n) is 2.75. The molecule has 0 spiro atoms. The Balaban J connectivity index is 1.91. The van der Waals surface area contributed by atoms with Crippen molar-refractivity contribution in [1.29, 1.82) is 0 Å². The third-order valence-corrected chi connectivity index (χ3v) is 3.62. The minimum atomic E-state index is 0.534. The van der Waals surface area contributed by atoms with Gasteiger partial charge in [-0.15, -0.1) is 0 Å². The first-order chi connectivity index (χ1) is 8.72. The van der Waals surface area contributed by atoms with Gasteiger partial charge in [0.1, 0.15) is 5.82 Å². The van der Waals surface area contributed by atoms with Gasteiger partial charge in [0.25, 0.3) is 0 Å². The second-order valence-corrected chi connectivity index (χ2v) is 5.71. The van der Waals surface area contributed by atoms with Crippen molar-refractivity contribution in [2.45, 2.75) is 39.2 Å². The van der Waals surface area contributed by atoms with Crippen LogP contribution in [-0.4, -0.2) is 16.5 Å². The SMILES string of the molecule is CC(C)Cc1nc2ccc(C3CCCN3)cc2[nH]1. The number of aromatic amines is 1. The highest BCUT2D eigenvalue weighted by molar-refractivity contribution is 5.76. The van der Waals surface area contributed by atoms with Crippen LogP contribution >= 0.6 is 0 Å². The van der Waals surface area contributed by atoms with Crippen molar-refractivity contribution in [2.24, 2.45) is 5.92 Å². The van der Waals surface area contributed by atoms with Crippen LogP contribution in [0.5, 0.6) is 0 Å². The summed E-state index contributed by atoms with van der Waals surface area (Å²) >= 11 is 0. The van der Waals surface area contributed by atoms with Crippen molar-refractivity contribution < 1.29 is 0 Å². The van der Waals surface area contributed by atoms with E-state index in [1.807, 2.05) is 0 Å². The smallest absolute Gasteiger partial charge is 0.107 e. The van der Waals surface area contributed by atoms with Crippen LogP contribution in [0.2, 0.25) is 0 Å². The lowest BCUT2D eigenvalue weighted by Crippen LogP contribution is -2.12. The maximum atomic E-state index is 4.64. The van der Waals surface area contributed by atoms with Gasteiger partial charge in [-0.2, -0.15) is 0 Å². The van der Waals surface area contributed by atoms with Gasteiger partial charge in [0.2, 0.25) is 0 Å². The van der Waals surface area contributed by atoms with Crippen LogP contribution < -0.4 is 5.32 Å². The van der Waals surface area contributed by atoms with E-state index in [0.29, 0.717) is 12.0 Å². The molecule has 96 valence electrons. The number of hydrogen-bond acceptors (Lipinski definition) is 2. The lowest BCUT2D eigenvalue weighted by molar-refractivity contribution is 0.627. The third-order valence-electron chi connectivity index (χ3n) is 3.62. The summed E-state index contributed by atoms with van der Waals surface area (Å²) in [7, 11) is 0. The molecule has 3 nitrogen and oxygen atoms in total. The predicted molar refractivity (Wildman–Crippen MR) is 74.6 cm³/mol. The van der Waals surface area contributed by atoms with Gasteiger partial charge in [0.05, 0.1) is 11.0 Å². The minimum Gasteiger partial charge on any atom is -0.342 e. The molecule has 3 heteroatoms. The van der Waals surface area contributed by atoms with E-state index in [1.54, 1.807) is 0 Å². The largest absolute Gasteiger partial charge is 0.342 e. The molecule has 1 aliphatic rings. The van der Waals surface area contributed by atoms with E-state index in [9.17, 15) is 0 Å². The van der Waals surface area contributed by atoms with Crippen LogP contribution in [-0.2, 0) is 6.42 Å². The zero-order valence-electron chi connectivity index (χ0n) is 11.2.